The van der Waals surface area contributed by atoms with E-state index in [1.165, 1.54) is 6.07 Å². The predicted molar refractivity (Wildman–Crippen MR) is 122 cm³/mol. The Morgan fingerprint density at radius 2 is 1.50 bits per heavy atom. The molecular weight excluding hydrogens is 409 g/mol. The van der Waals surface area contributed by atoms with Gasteiger partial charge in [-0.15, -0.1) is 0 Å². The molecule has 0 saturated heterocycles. The van der Waals surface area contributed by atoms with Crippen molar-refractivity contribution in [3.05, 3.63) is 88.7 Å². The SMILES string of the molecule is CCc1ccc(OCc2ccc(-c3ccc(C4CCC(C)CC4)c(F)c3F)cc2)c(F)c1. The van der Waals surface area contributed by atoms with E-state index in [2.05, 4.69) is 6.92 Å². The Balaban J connectivity index is 1.46. The third kappa shape index (κ3) is 4.85. The molecule has 1 fully saturated rings. The van der Waals surface area contributed by atoms with E-state index in [-0.39, 0.29) is 29.7 Å². The quantitative estimate of drug-likeness (QED) is 0.377. The van der Waals surface area contributed by atoms with Crippen molar-refractivity contribution in [2.45, 2.75) is 58.5 Å². The normalized spacial score (nSPS) is 18.5. The number of hydrogen-bond donors (Lipinski definition) is 0. The summed E-state index contributed by atoms with van der Waals surface area (Å²) in [5.74, 6) is -0.934. The average Bonchev–Trinajstić information content (AvgIpc) is 2.81. The summed E-state index contributed by atoms with van der Waals surface area (Å²) in [4.78, 5) is 0. The molecule has 0 heterocycles. The Bertz CT molecular complexity index is 1070. The fourth-order valence-corrected chi connectivity index (χ4v) is 4.50. The Morgan fingerprint density at radius 3 is 2.16 bits per heavy atom. The van der Waals surface area contributed by atoms with Gasteiger partial charge in [-0.05, 0) is 65.5 Å². The van der Waals surface area contributed by atoms with Crippen LogP contribution in [0, 0.1) is 23.4 Å². The molecule has 0 radical (unpaired) electrons. The van der Waals surface area contributed by atoms with Gasteiger partial charge in [0.1, 0.15) is 6.61 Å². The zero-order valence-corrected chi connectivity index (χ0v) is 18.6. The summed E-state index contributed by atoms with van der Waals surface area (Å²) in [6.07, 6.45) is 4.70. The molecule has 1 nitrogen and oxygen atoms in total. The van der Waals surface area contributed by atoms with Crippen molar-refractivity contribution < 1.29 is 17.9 Å². The molecule has 0 unspecified atom stereocenters. The van der Waals surface area contributed by atoms with E-state index in [1.807, 2.05) is 13.0 Å². The molecule has 0 aliphatic heterocycles. The van der Waals surface area contributed by atoms with Crippen molar-refractivity contribution in [3.8, 4) is 16.9 Å². The molecule has 1 saturated carbocycles. The highest BCUT2D eigenvalue weighted by molar-refractivity contribution is 5.65. The number of rotatable bonds is 6. The van der Waals surface area contributed by atoms with Crippen LogP contribution in [0.2, 0.25) is 0 Å². The van der Waals surface area contributed by atoms with Crippen molar-refractivity contribution >= 4 is 0 Å². The molecule has 0 bridgehead atoms. The number of aryl methyl sites for hydroxylation is 1. The van der Waals surface area contributed by atoms with Gasteiger partial charge in [-0.2, -0.15) is 0 Å². The van der Waals surface area contributed by atoms with E-state index in [9.17, 15) is 13.2 Å². The maximum absolute atomic E-state index is 14.9. The van der Waals surface area contributed by atoms with Crippen molar-refractivity contribution in [2.24, 2.45) is 5.92 Å². The highest BCUT2D eigenvalue weighted by Crippen LogP contribution is 2.38. The predicted octanol–water partition coefficient (Wildman–Crippen LogP) is 8.21. The molecule has 4 heteroatoms. The molecule has 0 spiro atoms. The zero-order chi connectivity index (χ0) is 22.7. The first kappa shape index (κ1) is 22.4. The van der Waals surface area contributed by atoms with Crippen LogP contribution in [-0.4, -0.2) is 0 Å². The fourth-order valence-electron chi connectivity index (χ4n) is 4.50. The van der Waals surface area contributed by atoms with Crippen LogP contribution in [0.3, 0.4) is 0 Å². The van der Waals surface area contributed by atoms with E-state index in [4.69, 9.17) is 4.74 Å². The van der Waals surface area contributed by atoms with Crippen LogP contribution >= 0.6 is 0 Å². The first-order valence-corrected chi connectivity index (χ1v) is 11.4. The molecule has 0 atom stereocenters. The summed E-state index contributed by atoms with van der Waals surface area (Å²) in [6.45, 7) is 4.37. The zero-order valence-electron chi connectivity index (χ0n) is 18.6. The first-order valence-electron chi connectivity index (χ1n) is 11.4. The Kier molecular flexibility index (Phi) is 6.88. The molecule has 0 amide bonds. The Morgan fingerprint density at radius 1 is 0.812 bits per heavy atom. The van der Waals surface area contributed by atoms with Crippen LogP contribution in [0.4, 0.5) is 13.2 Å². The molecule has 3 aromatic carbocycles. The standard InChI is InChI=1S/C28H29F3O/c1-3-19-8-15-26(25(29)16-19)32-17-20-6-11-22(12-7-20)24-14-13-23(27(30)28(24)31)21-9-4-18(2)5-10-21/h6-8,11-16,18,21H,3-5,9-10,17H2,1-2H3. The van der Waals surface area contributed by atoms with Crippen molar-refractivity contribution in [3.63, 3.8) is 0 Å². The Labute approximate surface area is 188 Å². The monoisotopic (exact) mass is 438 g/mol. The van der Waals surface area contributed by atoms with Gasteiger partial charge in [0, 0.05) is 5.56 Å². The lowest BCUT2D eigenvalue weighted by atomic mass is 9.79. The molecule has 0 N–H and O–H groups in total. The van der Waals surface area contributed by atoms with Gasteiger partial charge in [0.05, 0.1) is 0 Å². The third-order valence-electron chi connectivity index (χ3n) is 6.63. The van der Waals surface area contributed by atoms with Gasteiger partial charge in [-0.25, -0.2) is 13.2 Å². The molecule has 1 aliphatic rings. The maximum Gasteiger partial charge on any atom is 0.166 e. The van der Waals surface area contributed by atoms with Gasteiger partial charge < -0.3 is 4.74 Å². The van der Waals surface area contributed by atoms with Gasteiger partial charge in [0.25, 0.3) is 0 Å². The average molecular weight is 439 g/mol. The van der Waals surface area contributed by atoms with Crippen LogP contribution < -0.4 is 4.74 Å². The summed E-state index contributed by atoms with van der Waals surface area (Å²) in [5.41, 5.74) is 3.09. The van der Waals surface area contributed by atoms with Crippen molar-refractivity contribution in [1.82, 2.24) is 0 Å². The lowest BCUT2D eigenvalue weighted by Gasteiger charge is -2.27. The topological polar surface area (TPSA) is 9.23 Å². The molecule has 1 aliphatic carbocycles. The summed E-state index contributed by atoms with van der Waals surface area (Å²) >= 11 is 0. The minimum atomic E-state index is -0.789. The van der Waals surface area contributed by atoms with Gasteiger partial charge in [0.2, 0.25) is 0 Å². The number of hydrogen-bond acceptors (Lipinski definition) is 1. The second-order valence-electron chi connectivity index (χ2n) is 8.89. The fraction of sp³-hybridized carbons (Fsp3) is 0.357. The first-order chi connectivity index (χ1) is 15.5. The van der Waals surface area contributed by atoms with Gasteiger partial charge >= 0.3 is 0 Å². The minimum absolute atomic E-state index is 0.0982. The largest absolute Gasteiger partial charge is 0.486 e. The highest BCUT2D eigenvalue weighted by atomic mass is 19.2. The minimum Gasteiger partial charge on any atom is -0.486 e. The molecule has 3 aromatic rings. The van der Waals surface area contributed by atoms with Crippen LogP contribution in [0.1, 0.15) is 62.1 Å². The smallest absolute Gasteiger partial charge is 0.166 e. The Hall–Kier alpha value is -2.75. The third-order valence-corrected chi connectivity index (χ3v) is 6.63. The summed E-state index contributed by atoms with van der Waals surface area (Å²) < 4.78 is 49.5. The van der Waals surface area contributed by atoms with Crippen LogP contribution in [0.25, 0.3) is 11.1 Å². The van der Waals surface area contributed by atoms with Gasteiger partial charge in [-0.1, -0.05) is 69.2 Å². The summed E-state index contributed by atoms with van der Waals surface area (Å²) in [5, 5.41) is 0. The second-order valence-corrected chi connectivity index (χ2v) is 8.89. The van der Waals surface area contributed by atoms with Gasteiger partial charge in [-0.3, -0.25) is 0 Å². The number of benzene rings is 3. The van der Waals surface area contributed by atoms with Crippen LogP contribution in [-0.2, 0) is 13.0 Å². The highest BCUT2D eigenvalue weighted by Gasteiger charge is 2.25. The lowest BCUT2D eigenvalue weighted by Crippen LogP contribution is -2.13. The molecular formula is C28H29F3O. The van der Waals surface area contributed by atoms with E-state index < -0.39 is 11.6 Å². The summed E-state index contributed by atoms with van der Waals surface area (Å²) in [6, 6.07) is 15.5. The van der Waals surface area contributed by atoms with E-state index in [0.717, 1.165) is 43.2 Å². The summed E-state index contributed by atoms with van der Waals surface area (Å²) in [7, 11) is 0. The van der Waals surface area contributed by atoms with E-state index in [0.29, 0.717) is 17.0 Å². The van der Waals surface area contributed by atoms with Crippen LogP contribution in [0.5, 0.6) is 5.75 Å². The van der Waals surface area contributed by atoms with E-state index >= 15 is 0 Å². The lowest BCUT2D eigenvalue weighted by molar-refractivity contribution is 0.290. The van der Waals surface area contributed by atoms with Crippen molar-refractivity contribution in [1.29, 1.82) is 0 Å². The van der Waals surface area contributed by atoms with E-state index in [1.54, 1.807) is 42.5 Å². The van der Waals surface area contributed by atoms with Crippen molar-refractivity contribution in [2.75, 3.05) is 0 Å². The second kappa shape index (κ2) is 9.81. The van der Waals surface area contributed by atoms with Gasteiger partial charge in [0.15, 0.2) is 23.2 Å². The number of halogens is 3. The molecule has 168 valence electrons. The molecule has 4 rings (SSSR count). The van der Waals surface area contributed by atoms with Crippen LogP contribution in [0.15, 0.2) is 54.6 Å². The maximum atomic E-state index is 14.9. The molecule has 0 aromatic heterocycles. The molecule has 32 heavy (non-hydrogen) atoms. The number of ether oxygens (including phenoxy) is 1.